The summed E-state index contributed by atoms with van der Waals surface area (Å²) in [5, 5.41) is 9.64. The van der Waals surface area contributed by atoms with E-state index in [1.165, 1.54) is 0 Å². The van der Waals surface area contributed by atoms with Crippen molar-refractivity contribution < 1.29 is 4.79 Å². The Morgan fingerprint density at radius 3 is 2.59 bits per heavy atom. The van der Waals surface area contributed by atoms with Crippen molar-refractivity contribution in [3.8, 4) is 0 Å². The first-order valence-corrected chi connectivity index (χ1v) is 5.08. The van der Waals surface area contributed by atoms with Gasteiger partial charge in [0.1, 0.15) is 5.82 Å². The number of rotatable bonds is 4. The summed E-state index contributed by atoms with van der Waals surface area (Å²) in [6.45, 7) is 0.568. The zero-order valence-corrected chi connectivity index (χ0v) is 9.10. The highest BCUT2D eigenvalue weighted by Crippen LogP contribution is 2.12. The second-order valence-electron chi connectivity index (χ2n) is 3.60. The third kappa shape index (κ3) is 2.54. The van der Waals surface area contributed by atoms with Crippen molar-refractivity contribution in [1.82, 2.24) is 10.2 Å². The molecular formula is C11H13N5O. The Balaban J connectivity index is 2.00. The predicted octanol–water partition coefficient (Wildman–Crippen LogP) is 0.703. The zero-order chi connectivity index (χ0) is 12.3. The number of carbonyl (C=O) groups excluding carboxylic acids is 1. The Morgan fingerprint density at radius 2 is 2.06 bits per heavy atom. The topological polar surface area (TPSA) is 110 Å². The number of H-pyrrole nitrogens is 1. The Hall–Kier alpha value is -2.50. The summed E-state index contributed by atoms with van der Waals surface area (Å²) < 4.78 is 0. The molecule has 1 heterocycles. The number of benzene rings is 1. The molecule has 17 heavy (non-hydrogen) atoms. The van der Waals surface area contributed by atoms with Crippen LogP contribution >= 0.6 is 0 Å². The highest BCUT2D eigenvalue weighted by Gasteiger charge is 2.02. The van der Waals surface area contributed by atoms with Gasteiger partial charge in [0.15, 0.2) is 0 Å². The molecule has 0 unspecified atom stereocenters. The van der Waals surface area contributed by atoms with Gasteiger partial charge >= 0.3 is 0 Å². The number of nitrogens with two attached hydrogens (primary N) is 2. The lowest BCUT2D eigenvalue weighted by Crippen LogP contribution is -2.10. The molecule has 0 radical (unpaired) electrons. The third-order valence-electron chi connectivity index (χ3n) is 2.40. The van der Waals surface area contributed by atoms with Crippen molar-refractivity contribution >= 4 is 17.4 Å². The fourth-order valence-corrected chi connectivity index (χ4v) is 1.41. The first-order valence-electron chi connectivity index (χ1n) is 5.08. The SMILES string of the molecule is NC(=O)c1ccc(NCc2cn[nH]c2N)cc1. The van der Waals surface area contributed by atoms with Crippen LogP contribution in [0.5, 0.6) is 0 Å². The van der Waals surface area contributed by atoms with Crippen LogP contribution in [-0.4, -0.2) is 16.1 Å². The van der Waals surface area contributed by atoms with E-state index in [2.05, 4.69) is 15.5 Å². The summed E-state index contributed by atoms with van der Waals surface area (Å²) in [5.74, 6) is 0.113. The maximum absolute atomic E-state index is 10.9. The third-order valence-corrected chi connectivity index (χ3v) is 2.40. The van der Waals surface area contributed by atoms with E-state index in [0.717, 1.165) is 11.3 Å². The second-order valence-corrected chi connectivity index (χ2v) is 3.60. The van der Waals surface area contributed by atoms with E-state index in [9.17, 15) is 4.79 Å². The molecule has 88 valence electrons. The van der Waals surface area contributed by atoms with Crippen LogP contribution in [0.3, 0.4) is 0 Å². The minimum absolute atomic E-state index is 0.435. The first-order chi connectivity index (χ1) is 8.16. The van der Waals surface area contributed by atoms with Gasteiger partial charge in [0.2, 0.25) is 5.91 Å². The highest BCUT2D eigenvalue weighted by molar-refractivity contribution is 5.93. The maximum atomic E-state index is 10.9. The lowest BCUT2D eigenvalue weighted by Gasteiger charge is -2.05. The van der Waals surface area contributed by atoms with Crippen molar-refractivity contribution in [3.05, 3.63) is 41.6 Å². The van der Waals surface area contributed by atoms with Crippen LogP contribution in [0.1, 0.15) is 15.9 Å². The molecule has 0 fully saturated rings. The molecule has 2 aromatic rings. The highest BCUT2D eigenvalue weighted by atomic mass is 16.1. The number of aromatic nitrogens is 2. The molecule has 2 rings (SSSR count). The van der Waals surface area contributed by atoms with Gasteiger partial charge in [0.05, 0.1) is 6.20 Å². The van der Waals surface area contributed by atoms with Crippen LogP contribution in [-0.2, 0) is 6.54 Å². The van der Waals surface area contributed by atoms with E-state index in [-0.39, 0.29) is 0 Å². The van der Waals surface area contributed by atoms with Gasteiger partial charge in [0.25, 0.3) is 0 Å². The van der Waals surface area contributed by atoms with Crippen molar-refractivity contribution in [2.45, 2.75) is 6.54 Å². The van der Waals surface area contributed by atoms with E-state index in [4.69, 9.17) is 11.5 Å². The standard InChI is InChI=1S/C11H13N5O/c12-10-8(6-15-16-10)5-14-9-3-1-7(2-4-9)11(13)17/h1-4,6,14H,5H2,(H2,13,17)(H3,12,15,16). The number of nitrogens with one attached hydrogen (secondary N) is 2. The van der Waals surface area contributed by atoms with E-state index in [1.807, 2.05) is 0 Å². The van der Waals surface area contributed by atoms with Crippen LogP contribution in [0.25, 0.3) is 0 Å². The molecule has 0 saturated carbocycles. The lowest BCUT2D eigenvalue weighted by molar-refractivity contribution is 0.100. The van der Waals surface area contributed by atoms with Crippen LogP contribution in [0.15, 0.2) is 30.5 Å². The maximum Gasteiger partial charge on any atom is 0.248 e. The fourth-order valence-electron chi connectivity index (χ4n) is 1.41. The van der Waals surface area contributed by atoms with E-state index >= 15 is 0 Å². The number of carbonyl (C=O) groups is 1. The minimum atomic E-state index is -0.435. The van der Waals surface area contributed by atoms with E-state index < -0.39 is 5.91 Å². The summed E-state index contributed by atoms with van der Waals surface area (Å²) in [6, 6.07) is 6.92. The van der Waals surface area contributed by atoms with Crippen molar-refractivity contribution in [1.29, 1.82) is 0 Å². The molecule has 0 spiro atoms. The number of nitrogens with zero attached hydrogens (tertiary/aromatic N) is 1. The van der Waals surface area contributed by atoms with Gasteiger partial charge < -0.3 is 16.8 Å². The molecule has 0 bridgehead atoms. The van der Waals surface area contributed by atoms with Gasteiger partial charge in [0, 0.05) is 23.4 Å². The molecule has 0 aliphatic carbocycles. The first kappa shape index (κ1) is 11.0. The summed E-state index contributed by atoms with van der Waals surface area (Å²) >= 11 is 0. The fraction of sp³-hybridized carbons (Fsp3) is 0.0909. The number of nitrogen functional groups attached to an aromatic ring is 1. The second kappa shape index (κ2) is 4.56. The van der Waals surface area contributed by atoms with Crippen molar-refractivity contribution in [2.75, 3.05) is 11.1 Å². The molecule has 6 N–H and O–H groups in total. The van der Waals surface area contributed by atoms with E-state index in [0.29, 0.717) is 17.9 Å². The van der Waals surface area contributed by atoms with Gasteiger partial charge in [-0.3, -0.25) is 9.89 Å². The molecule has 0 aliphatic rings. The van der Waals surface area contributed by atoms with Gasteiger partial charge in [-0.1, -0.05) is 0 Å². The largest absolute Gasteiger partial charge is 0.384 e. The zero-order valence-electron chi connectivity index (χ0n) is 9.10. The predicted molar refractivity (Wildman–Crippen MR) is 65.3 cm³/mol. The number of amides is 1. The summed E-state index contributed by atoms with van der Waals surface area (Å²) in [7, 11) is 0. The molecule has 6 nitrogen and oxygen atoms in total. The average molecular weight is 231 g/mol. The number of aromatic amines is 1. The van der Waals surface area contributed by atoms with Crippen LogP contribution in [0, 0.1) is 0 Å². The molecule has 1 aromatic heterocycles. The number of primary amides is 1. The molecule has 6 heteroatoms. The summed E-state index contributed by atoms with van der Waals surface area (Å²) in [4.78, 5) is 10.9. The Bertz CT molecular complexity index is 517. The summed E-state index contributed by atoms with van der Waals surface area (Å²) in [6.07, 6.45) is 1.67. The van der Waals surface area contributed by atoms with E-state index in [1.54, 1.807) is 30.5 Å². The van der Waals surface area contributed by atoms with Crippen LogP contribution < -0.4 is 16.8 Å². The van der Waals surface area contributed by atoms with Gasteiger partial charge in [-0.05, 0) is 24.3 Å². The Kier molecular flexibility index (Phi) is 2.95. The molecular weight excluding hydrogens is 218 g/mol. The molecule has 0 atom stereocenters. The normalized spacial score (nSPS) is 10.1. The number of hydrogen-bond acceptors (Lipinski definition) is 4. The minimum Gasteiger partial charge on any atom is -0.384 e. The smallest absolute Gasteiger partial charge is 0.248 e. The van der Waals surface area contributed by atoms with Crippen LogP contribution in [0.4, 0.5) is 11.5 Å². The van der Waals surface area contributed by atoms with Gasteiger partial charge in [-0.25, -0.2) is 0 Å². The number of hydrogen-bond donors (Lipinski definition) is 4. The summed E-state index contributed by atoms with van der Waals surface area (Å²) in [5.41, 5.74) is 13.1. The molecule has 1 aromatic carbocycles. The monoisotopic (exact) mass is 231 g/mol. The lowest BCUT2D eigenvalue weighted by atomic mass is 10.2. The average Bonchev–Trinajstić information content (AvgIpc) is 2.73. The Labute approximate surface area is 98.0 Å². The molecule has 1 amide bonds. The quantitative estimate of drug-likeness (QED) is 0.620. The van der Waals surface area contributed by atoms with Crippen LogP contribution in [0.2, 0.25) is 0 Å². The van der Waals surface area contributed by atoms with Gasteiger partial charge in [-0.15, -0.1) is 0 Å². The Morgan fingerprint density at radius 1 is 1.35 bits per heavy atom. The van der Waals surface area contributed by atoms with Crippen molar-refractivity contribution in [2.24, 2.45) is 5.73 Å². The van der Waals surface area contributed by atoms with Crippen molar-refractivity contribution in [3.63, 3.8) is 0 Å². The molecule has 0 aliphatic heterocycles. The number of anilines is 2. The van der Waals surface area contributed by atoms with Gasteiger partial charge in [-0.2, -0.15) is 5.10 Å². The molecule has 0 saturated heterocycles.